The highest BCUT2D eigenvalue weighted by Crippen LogP contribution is 2.02. The number of rotatable bonds is 5. The average Bonchev–Trinajstić information content (AvgIpc) is 2.99. The van der Waals surface area contributed by atoms with Crippen molar-refractivity contribution in [1.29, 1.82) is 0 Å². The Morgan fingerprint density at radius 2 is 1.75 bits per heavy atom. The molecule has 2 aromatic heterocycles. The van der Waals surface area contributed by atoms with Crippen LogP contribution in [0.5, 0.6) is 0 Å². The lowest BCUT2D eigenvalue weighted by molar-refractivity contribution is 0.632. The molecule has 3 rings (SSSR count). The highest BCUT2D eigenvalue weighted by Gasteiger charge is 2.09. The van der Waals surface area contributed by atoms with Crippen molar-refractivity contribution in [2.24, 2.45) is 0 Å². The van der Waals surface area contributed by atoms with E-state index >= 15 is 0 Å². The van der Waals surface area contributed by atoms with Gasteiger partial charge in [-0.25, -0.2) is 9.36 Å². The average molecular weight is 326 g/mol. The first kappa shape index (κ1) is 15.7. The molecule has 3 aromatic rings. The Balaban J connectivity index is 1.79. The maximum Gasteiger partial charge on any atom is 0.334 e. The minimum atomic E-state index is -0.598. The highest BCUT2D eigenvalue weighted by atomic mass is 16.2. The number of nitrogens with zero attached hydrogens (tertiary/aromatic N) is 6. The molecule has 0 saturated heterocycles. The Bertz CT molecular complexity index is 939. The van der Waals surface area contributed by atoms with Crippen LogP contribution in [0.1, 0.15) is 11.3 Å². The van der Waals surface area contributed by atoms with Crippen molar-refractivity contribution < 1.29 is 0 Å². The van der Waals surface area contributed by atoms with Crippen LogP contribution in [-0.4, -0.2) is 38.3 Å². The van der Waals surface area contributed by atoms with E-state index in [1.807, 2.05) is 30.3 Å². The maximum atomic E-state index is 12.1. The summed E-state index contributed by atoms with van der Waals surface area (Å²) >= 11 is 0. The van der Waals surface area contributed by atoms with E-state index in [0.29, 0.717) is 12.2 Å². The van der Waals surface area contributed by atoms with Crippen molar-refractivity contribution in [3.63, 3.8) is 0 Å². The van der Waals surface area contributed by atoms with Gasteiger partial charge in [0.25, 0.3) is 0 Å². The molecule has 0 fully saturated rings. The number of aromatic nitrogens is 5. The van der Waals surface area contributed by atoms with Crippen LogP contribution < -0.4 is 16.1 Å². The van der Waals surface area contributed by atoms with Crippen molar-refractivity contribution in [3.8, 4) is 0 Å². The largest absolute Gasteiger partial charge is 0.334 e. The van der Waals surface area contributed by atoms with E-state index in [4.69, 9.17) is 0 Å². The summed E-state index contributed by atoms with van der Waals surface area (Å²) in [6, 6.07) is 9.90. The Kier molecular flexibility index (Phi) is 4.28. The minimum Gasteiger partial charge on any atom is -0.316 e. The first-order chi connectivity index (χ1) is 11.5. The number of benzene rings is 1. The molecular formula is C16H18N6O2. The quantitative estimate of drug-likeness (QED) is 0.612. The van der Waals surface area contributed by atoms with Crippen LogP contribution in [0.2, 0.25) is 0 Å². The van der Waals surface area contributed by atoms with Crippen LogP contribution in [0, 0.1) is 0 Å². The second-order valence-electron chi connectivity index (χ2n) is 5.62. The fourth-order valence-corrected chi connectivity index (χ4v) is 2.37. The molecule has 0 unspecified atom stereocenters. The number of hydrogen-bond donors (Lipinski definition) is 0. The Hall–Kier alpha value is -3.16. The van der Waals surface area contributed by atoms with E-state index < -0.39 is 11.1 Å². The van der Waals surface area contributed by atoms with E-state index in [9.17, 15) is 9.59 Å². The zero-order chi connectivity index (χ0) is 17.1. The van der Waals surface area contributed by atoms with Gasteiger partial charge in [0, 0.05) is 26.5 Å². The van der Waals surface area contributed by atoms with Gasteiger partial charge in [0.15, 0.2) is 0 Å². The van der Waals surface area contributed by atoms with Crippen molar-refractivity contribution in [3.05, 3.63) is 80.9 Å². The fourth-order valence-electron chi connectivity index (χ4n) is 2.37. The third-order valence-corrected chi connectivity index (χ3v) is 3.58. The van der Waals surface area contributed by atoms with Crippen LogP contribution in [0.4, 0.5) is 0 Å². The van der Waals surface area contributed by atoms with Gasteiger partial charge in [-0.05, 0) is 5.56 Å². The van der Waals surface area contributed by atoms with E-state index in [1.165, 1.54) is 9.24 Å². The second kappa shape index (κ2) is 6.53. The van der Waals surface area contributed by atoms with E-state index in [-0.39, 0.29) is 6.54 Å². The van der Waals surface area contributed by atoms with E-state index in [0.717, 1.165) is 5.56 Å². The second-order valence-corrected chi connectivity index (χ2v) is 5.62. The lowest BCUT2D eigenvalue weighted by Gasteiger charge is -2.15. The monoisotopic (exact) mass is 326 g/mol. The zero-order valence-corrected chi connectivity index (χ0v) is 13.5. The predicted molar refractivity (Wildman–Crippen MR) is 89.7 cm³/mol. The van der Waals surface area contributed by atoms with Crippen LogP contribution in [0.3, 0.4) is 0 Å². The lowest BCUT2D eigenvalue weighted by Crippen LogP contribution is -2.46. The summed E-state index contributed by atoms with van der Waals surface area (Å²) in [5.74, 6) is 0. The van der Waals surface area contributed by atoms with Gasteiger partial charge in [-0.1, -0.05) is 35.5 Å². The van der Waals surface area contributed by atoms with Crippen LogP contribution >= 0.6 is 0 Å². The van der Waals surface area contributed by atoms with Crippen LogP contribution in [-0.2, 0) is 13.1 Å². The standard InChI is InChI=1S/C16H18N6O2/c1-19(2)22-9-8-20(15(23)16(22)24)11-14-12-21(18-17-14)10-13-6-4-3-5-7-13/h3-9,12H,10-11H2,1-2H3. The minimum absolute atomic E-state index is 0.205. The molecule has 0 aliphatic heterocycles. The molecule has 0 aliphatic carbocycles. The molecule has 8 nitrogen and oxygen atoms in total. The summed E-state index contributed by atoms with van der Waals surface area (Å²) in [5, 5.41) is 9.68. The lowest BCUT2D eigenvalue weighted by atomic mass is 10.2. The summed E-state index contributed by atoms with van der Waals surface area (Å²) in [5.41, 5.74) is 0.540. The van der Waals surface area contributed by atoms with Gasteiger partial charge in [0.05, 0.1) is 19.3 Å². The van der Waals surface area contributed by atoms with E-state index in [1.54, 1.807) is 42.4 Å². The summed E-state index contributed by atoms with van der Waals surface area (Å²) in [6.45, 7) is 0.808. The molecule has 8 heteroatoms. The van der Waals surface area contributed by atoms with Gasteiger partial charge in [-0.2, -0.15) is 0 Å². The van der Waals surface area contributed by atoms with Gasteiger partial charge in [0.1, 0.15) is 5.69 Å². The van der Waals surface area contributed by atoms with Crippen molar-refractivity contribution in [1.82, 2.24) is 24.2 Å². The third kappa shape index (κ3) is 3.27. The predicted octanol–water partition coefficient (Wildman–Crippen LogP) is -0.104. The van der Waals surface area contributed by atoms with Gasteiger partial charge >= 0.3 is 11.1 Å². The molecular weight excluding hydrogens is 308 g/mol. The normalized spacial score (nSPS) is 10.8. The molecule has 0 radical (unpaired) electrons. The first-order valence-corrected chi connectivity index (χ1v) is 7.47. The number of hydrogen-bond acceptors (Lipinski definition) is 5. The Labute approximate surface area is 138 Å². The molecule has 0 spiro atoms. The summed E-state index contributed by atoms with van der Waals surface area (Å²) in [6.07, 6.45) is 4.90. The van der Waals surface area contributed by atoms with Gasteiger partial charge in [0.2, 0.25) is 0 Å². The highest BCUT2D eigenvalue weighted by molar-refractivity contribution is 5.15. The zero-order valence-electron chi connectivity index (χ0n) is 13.5. The van der Waals surface area contributed by atoms with Crippen molar-refractivity contribution >= 4 is 0 Å². The summed E-state index contributed by atoms with van der Waals surface area (Å²) in [4.78, 5) is 24.2. The van der Waals surface area contributed by atoms with Gasteiger partial charge in [-0.3, -0.25) is 9.59 Å². The molecule has 0 N–H and O–H groups in total. The molecule has 24 heavy (non-hydrogen) atoms. The molecule has 2 heterocycles. The Morgan fingerprint density at radius 1 is 1.00 bits per heavy atom. The molecule has 124 valence electrons. The van der Waals surface area contributed by atoms with Crippen LogP contribution in [0.25, 0.3) is 0 Å². The molecule has 0 aliphatic rings. The Morgan fingerprint density at radius 3 is 2.46 bits per heavy atom. The first-order valence-electron chi connectivity index (χ1n) is 7.47. The van der Waals surface area contributed by atoms with Crippen LogP contribution in [0.15, 0.2) is 58.5 Å². The molecule has 0 saturated carbocycles. The van der Waals surface area contributed by atoms with Crippen molar-refractivity contribution in [2.45, 2.75) is 13.1 Å². The molecule has 0 bridgehead atoms. The van der Waals surface area contributed by atoms with Gasteiger partial charge in [-0.15, -0.1) is 5.10 Å². The summed E-state index contributed by atoms with van der Waals surface area (Å²) < 4.78 is 4.29. The van der Waals surface area contributed by atoms with E-state index in [2.05, 4.69) is 10.3 Å². The third-order valence-electron chi connectivity index (χ3n) is 3.58. The molecule has 0 atom stereocenters. The smallest absolute Gasteiger partial charge is 0.316 e. The molecule has 0 amide bonds. The summed E-state index contributed by atoms with van der Waals surface area (Å²) in [7, 11) is 3.39. The molecule has 1 aromatic carbocycles. The van der Waals surface area contributed by atoms with Gasteiger partial charge < -0.3 is 9.58 Å². The maximum absolute atomic E-state index is 12.1. The topological polar surface area (TPSA) is 78.0 Å². The fraction of sp³-hybridized carbons (Fsp3) is 0.250. The SMILES string of the molecule is CN(C)n1ccn(Cc2cn(Cc3ccccc3)nn2)c(=O)c1=O. The van der Waals surface area contributed by atoms with Crippen molar-refractivity contribution in [2.75, 3.05) is 19.1 Å².